The molecule has 0 saturated carbocycles. The molecular weight excluding hydrogens is 459 g/mol. The third-order valence-corrected chi connectivity index (χ3v) is 7.57. The number of halogens is 2. The molecular formula is C21H20ClFN4O4S. The van der Waals surface area contributed by atoms with Crippen LogP contribution in [0.1, 0.15) is 18.2 Å². The minimum absolute atomic E-state index is 0.0781. The Morgan fingerprint density at radius 2 is 2.19 bits per heavy atom. The highest BCUT2D eigenvalue weighted by Crippen LogP contribution is 2.44. The van der Waals surface area contributed by atoms with Gasteiger partial charge in [0.1, 0.15) is 29.1 Å². The lowest BCUT2D eigenvalue weighted by Gasteiger charge is -2.47. The molecule has 1 fully saturated rings. The second kappa shape index (κ2) is 8.18. The number of furan rings is 1. The van der Waals surface area contributed by atoms with E-state index in [0.29, 0.717) is 13.1 Å². The third-order valence-electron chi connectivity index (χ3n) is 5.91. The maximum absolute atomic E-state index is 13.2. The van der Waals surface area contributed by atoms with E-state index in [2.05, 4.69) is 9.88 Å². The predicted molar refractivity (Wildman–Crippen MR) is 118 cm³/mol. The highest BCUT2D eigenvalue weighted by Gasteiger charge is 2.48. The molecule has 5 rings (SSSR count). The van der Waals surface area contributed by atoms with Crippen molar-refractivity contribution in [3.05, 3.63) is 69.1 Å². The van der Waals surface area contributed by atoms with E-state index in [1.165, 1.54) is 30.4 Å². The molecule has 11 heteroatoms. The first-order valence-electron chi connectivity index (χ1n) is 10.1. The lowest BCUT2D eigenvalue weighted by molar-refractivity contribution is -0.389. The van der Waals surface area contributed by atoms with Crippen LogP contribution in [0.25, 0.3) is 11.3 Å². The van der Waals surface area contributed by atoms with Gasteiger partial charge in [0.15, 0.2) is 0 Å². The van der Waals surface area contributed by atoms with Crippen LogP contribution in [0, 0.1) is 15.9 Å². The minimum Gasteiger partial charge on any atom is -0.461 e. The van der Waals surface area contributed by atoms with Crippen LogP contribution >= 0.6 is 23.6 Å². The normalized spacial score (nSPS) is 23.0. The number of rotatable bonds is 6. The minimum atomic E-state index is -0.553. The summed E-state index contributed by atoms with van der Waals surface area (Å²) >= 11 is 7.43. The van der Waals surface area contributed by atoms with Crippen molar-refractivity contribution in [3.63, 3.8) is 0 Å². The summed E-state index contributed by atoms with van der Waals surface area (Å²) in [5.41, 5.74) is 1.55. The highest BCUT2D eigenvalue weighted by molar-refractivity contribution is 7.96. The smallest absolute Gasteiger partial charge is 0.383 e. The second-order valence-corrected chi connectivity index (χ2v) is 9.55. The predicted octanol–water partition coefficient (Wildman–Crippen LogP) is 4.71. The Morgan fingerprint density at radius 1 is 1.41 bits per heavy atom. The number of imidazole rings is 1. The van der Waals surface area contributed by atoms with Crippen LogP contribution in [0.15, 0.2) is 40.9 Å². The van der Waals surface area contributed by atoms with Crippen molar-refractivity contribution in [2.45, 2.75) is 37.3 Å². The van der Waals surface area contributed by atoms with Gasteiger partial charge in [-0.3, -0.25) is 9.47 Å². The molecule has 2 aliphatic heterocycles. The van der Waals surface area contributed by atoms with Gasteiger partial charge in [0.2, 0.25) is 0 Å². The Hall–Kier alpha value is -2.40. The van der Waals surface area contributed by atoms with Crippen molar-refractivity contribution in [2.24, 2.45) is 0 Å². The van der Waals surface area contributed by atoms with E-state index in [1.807, 2.05) is 13.0 Å². The van der Waals surface area contributed by atoms with E-state index in [9.17, 15) is 14.5 Å². The summed E-state index contributed by atoms with van der Waals surface area (Å²) in [6.45, 7) is 4.78. The summed E-state index contributed by atoms with van der Waals surface area (Å²) in [5, 5.41) is 11.1. The number of nitrogens with zero attached hydrogens (tertiary/aromatic N) is 4. The largest absolute Gasteiger partial charge is 0.461 e. The van der Waals surface area contributed by atoms with Crippen molar-refractivity contribution >= 4 is 29.5 Å². The van der Waals surface area contributed by atoms with Crippen LogP contribution in [0.5, 0.6) is 0 Å². The van der Waals surface area contributed by atoms with E-state index >= 15 is 0 Å². The molecule has 0 spiro atoms. The molecule has 1 saturated heterocycles. The highest BCUT2D eigenvalue weighted by atomic mass is 35.5. The Morgan fingerprint density at radius 3 is 2.84 bits per heavy atom. The SMILES string of the molecule is C[C@@]1(CN2CCc3oc(-c4ccc(F)cc4)cc3C2)OSC1Cn1cc([N+](=O)[O-])nc1Cl. The fourth-order valence-corrected chi connectivity index (χ4v) is 5.25. The molecule has 0 aliphatic carbocycles. The summed E-state index contributed by atoms with van der Waals surface area (Å²) in [5.74, 6) is 1.17. The van der Waals surface area contributed by atoms with E-state index in [-0.39, 0.29) is 22.2 Å². The zero-order chi connectivity index (χ0) is 22.5. The van der Waals surface area contributed by atoms with Crippen LogP contribution in [0.2, 0.25) is 5.28 Å². The first kappa shape index (κ1) is 21.4. The van der Waals surface area contributed by atoms with E-state index < -0.39 is 10.5 Å². The standard InChI is InChI=1S/C21H20ClFN4O4S/c1-21(18(32-31-21)10-26-11-19(27(28)29)24-20(26)22)12-25-7-6-16-14(9-25)8-17(30-16)13-2-4-15(23)5-3-13/h2-5,8,11,18H,6-7,9-10,12H2,1H3/t18?,21-/m0/s1. The average molecular weight is 479 g/mol. The zero-order valence-corrected chi connectivity index (χ0v) is 18.7. The summed E-state index contributed by atoms with van der Waals surface area (Å²) in [4.78, 5) is 16.5. The van der Waals surface area contributed by atoms with E-state index in [4.69, 9.17) is 20.2 Å². The number of hydrogen-bond donors (Lipinski definition) is 0. The van der Waals surface area contributed by atoms with Crippen molar-refractivity contribution in [1.82, 2.24) is 14.5 Å². The fourth-order valence-electron chi connectivity index (χ4n) is 4.13. The van der Waals surface area contributed by atoms with Gasteiger partial charge >= 0.3 is 11.1 Å². The monoisotopic (exact) mass is 478 g/mol. The van der Waals surface area contributed by atoms with Crippen molar-refractivity contribution in [1.29, 1.82) is 0 Å². The second-order valence-electron chi connectivity index (χ2n) is 8.29. The lowest BCUT2D eigenvalue weighted by atomic mass is 9.98. The number of benzene rings is 1. The molecule has 3 aromatic rings. The molecule has 0 amide bonds. The van der Waals surface area contributed by atoms with Crippen LogP contribution in [-0.2, 0) is 23.7 Å². The molecule has 4 heterocycles. The van der Waals surface area contributed by atoms with Crippen LogP contribution in [0.3, 0.4) is 0 Å². The molecule has 32 heavy (non-hydrogen) atoms. The first-order chi connectivity index (χ1) is 15.3. The topological polar surface area (TPSA) is 86.6 Å². The van der Waals surface area contributed by atoms with Crippen LogP contribution in [0.4, 0.5) is 10.2 Å². The van der Waals surface area contributed by atoms with E-state index in [1.54, 1.807) is 16.7 Å². The Labute approximate surface area is 192 Å². The fraction of sp³-hybridized carbons (Fsp3) is 0.381. The van der Waals surface area contributed by atoms with Crippen LogP contribution < -0.4 is 0 Å². The molecule has 2 aliphatic rings. The van der Waals surface area contributed by atoms with Gasteiger partial charge in [0.05, 0.1) is 5.25 Å². The zero-order valence-electron chi connectivity index (χ0n) is 17.2. The molecule has 0 N–H and O–H groups in total. The molecule has 8 nitrogen and oxygen atoms in total. The van der Waals surface area contributed by atoms with Gasteiger partial charge in [-0.05, 0) is 58.8 Å². The van der Waals surface area contributed by atoms with Gasteiger partial charge in [0, 0.05) is 55.8 Å². The lowest BCUT2D eigenvalue weighted by Crippen LogP contribution is -2.57. The van der Waals surface area contributed by atoms with Crippen molar-refractivity contribution in [3.8, 4) is 11.3 Å². The molecule has 0 radical (unpaired) electrons. The van der Waals surface area contributed by atoms with Gasteiger partial charge in [-0.1, -0.05) is 0 Å². The summed E-state index contributed by atoms with van der Waals surface area (Å²) in [6, 6.07) is 8.31. The average Bonchev–Trinajstić information content (AvgIpc) is 3.35. The molecule has 168 valence electrons. The summed E-state index contributed by atoms with van der Waals surface area (Å²) < 4.78 is 26.7. The van der Waals surface area contributed by atoms with Gasteiger partial charge in [-0.2, -0.15) is 0 Å². The Balaban J connectivity index is 1.25. The maximum atomic E-state index is 13.2. The van der Waals surface area contributed by atoms with Gasteiger partial charge in [0.25, 0.3) is 0 Å². The Bertz CT molecular complexity index is 1170. The number of aromatic nitrogens is 2. The van der Waals surface area contributed by atoms with Gasteiger partial charge in [-0.25, -0.2) is 4.39 Å². The number of fused-ring (bicyclic) bond motifs is 1. The van der Waals surface area contributed by atoms with Crippen molar-refractivity contribution in [2.75, 3.05) is 13.1 Å². The number of hydrogen-bond acceptors (Lipinski definition) is 7. The quantitative estimate of drug-likeness (QED) is 0.288. The van der Waals surface area contributed by atoms with E-state index in [0.717, 1.165) is 42.2 Å². The van der Waals surface area contributed by atoms with Crippen LogP contribution in [-0.4, -0.2) is 43.3 Å². The summed E-state index contributed by atoms with van der Waals surface area (Å²) in [6.07, 6.45) is 2.14. The van der Waals surface area contributed by atoms with Gasteiger partial charge < -0.3 is 18.7 Å². The summed E-state index contributed by atoms with van der Waals surface area (Å²) in [7, 11) is 0. The molecule has 1 aromatic carbocycles. The third kappa shape index (κ3) is 4.03. The molecule has 2 atom stereocenters. The number of nitro groups is 1. The van der Waals surface area contributed by atoms with Gasteiger partial charge in [-0.15, -0.1) is 0 Å². The Kier molecular flexibility index (Phi) is 5.48. The maximum Gasteiger partial charge on any atom is 0.383 e. The van der Waals surface area contributed by atoms with Crippen molar-refractivity contribution < 1.29 is 17.9 Å². The first-order valence-corrected chi connectivity index (χ1v) is 11.3. The molecule has 1 unspecified atom stereocenters. The molecule has 2 aromatic heterocycles. The molecule has 0 bridgehead atoms.